The molecular weight excluding hydrogens is 354 g/mol. The number of benzene rings is 2. The Labute approximate surface area is 163 Å². The fourth-order valence-corrected chi connectivity index (χ4v) is 2.74. The molecule has 0 fully saturated rings. The number of nitrogen functional groups attached to an aromatic ring is 1. The molecule has 28 heavy (non-hydrogen) atoms. The van der Waals surface area contributed by atoms with Gasteiger partial charge in [-0.3, -0.25) is 4.79 Å². The van der Waals surface area contributed by atoms with Crippen LogP contribution in [0.5, 0.6) is 0 Å². The van der Waals surface area contributed by atoms with E-state index in [1.807, 2.05) is 42.5 Å². The largest absolute Gasteiger partial charge is 0.399 e. The summed E-state index contributed by atoms with van der Waals surface area (Å²) in [5.41, 5.74) is 9.87. The number of carbonyl (C=O) groups excluding carboxylic acids is 1. The molecule has 0 atom stereocenters. The molecule has 0 aliphatic carbocycles. The van der Waals surface area contributed by atoms with Crippen LogP contribution in [-0.4, -0.2) is 48.1 Å². The third-order valence-electron chi connectivity index (χ3n) is 4.11. The Balaban J connectivity index is 1.66. The third-order valence-corrected chi connectivity index (χ3v) is 4.11. The average Bonchev–Trinajstić information content (AvgIpc) is 3.09. The fraction of sp³-hybridized carbons (Fsp3) is 0.150. The van der Waals surface area contributed by atoms with Crippen molar-refractivity contribution in [2.75, 3.05) is 31.7 Å². The molecule has 0 aliphatic heterocycles. The zero-order valence-electron chi connectivity index (χ0n) is 15.9. The molecule has 1 aromatic heterocycles. The van der Waals surface area contributed by atoms with E-state index in [1.54, 1.807) is 25.2 Å². The number of imidazole rings is 1. The molecule has 0 unspecified atom stereocenters. The SMILES string of the molecule is C=N/C(=C\N(C)CC(=O)Nc1ccc(-c2nc3ccc(N)cc3[nH]2)cc1)NC. The smallest absolute Gasteiger partial charge is 0.243 e. The topological polar surface area (TPSA) is 111 Å². The highest BCUT2D eigenvalue weighted by molar-refractivity contribution is 5.92. The van der Waals surface area contributed by atoms with Crippen LogP contribution < -0.4 is 16.4 Å². The van der Waals surface area contributed by atoms with Crippen molar-refractivity contribution in [3.8, 4) is 11.4 Å². The van der Waals surface area contributed by atoms with Gasteiger partial charge in [-0.25, -0.2) is 9.98 Å². The summed E-state index contributed by atoms with van der Waals surface area (Å²) >= 11 is 0. The number of fused-ring (bicyclic) bond motifs is 1. The van der Waals surface area contributed by atoms with Gasteiger partial charge >= 0.3 is 0 Å². The standard InChI is InChI=1S/C20H23N7O/c1-22-18(23-2)11-27(3)12-19(28)24-15-7-4-13(5-8-15)20-25-16-9-6-14(21)10-17(16)26-20/h4-11,23H,1,12,21H2,2-3H3,(H,24,28)(H,25,26)/b18-11+. The minimum atomic E-state index is -0.134. The second-order valence-corrected chi connectivity index (χ2v) is 6.33. The highest BCUT2D eigenvalue weighted by Crippen LogP contribution is 2.23. The second-order valence-electron chi connectivity index (χ2n) is 6.33. The predicted molar refractivity (Wildman–Crippen MR) is 114 cm³/mol. The number of carbonyl (C=O) groups is 1. The number of amides is 1. The van der Waals surface area contributed by atoms with E-state index in [2.05, 4.69) is 32.3 Å². The van der Waals surface area contributed by atoms with Crippen LogP contribution in [0.3, 0.4) is 0 Å². The minimum Gasteiger partial charge on any atom is -0.399 e. The zero-order chi connectivity index (χ0) is 20.1. The van der Waals surface area contributed by atoms with Crippen LogP contribution in [-0.2, 0) is 4.79 Å². The molecule has 3 rings (SSSR count). The average molecular weight is 377 g/mol. The highest BCUT2D eigenvalue weighted by Gasteiger charge is 2.08. The molecule has 0 aliphatic rings. The number of hydrogen-bond donors (Lipinski definition) is 4. The zero-order valence-corrected chi connectivity index (χ0v) is 15.9. The molecule has 8 nitrogen and oxygen atoms in total. The molecule has 1 heterocycles. The lowest BCUT2D eigenvalue weighted by molar-refractivity contribution is -0.116. The maximum Gasteiger partial charge on any atom is 0.243 e. The molecule has 2 aromatic carbocycles. The van der Waals surface area contributed by atoms with Crippen molar-refractivity contribution in [1.82, 2.24) is 20.2 Å². The Morgan fingerprint density at radius 1 is 1.32 bits per heavy atom. The number of nitrogens with zero attached hydrogens (tertiary/aromatic N) is 3. The van der Waals surface area contributed by atoms with Crippen LogP contribution in [0.2, 0.25) is 0 Å². The van der Waals surface area contributed by atoms with Gasteiger partial charge in [0.1, 0.15) is 11.6 Å². The molecule has 5 N–H and O–H groups in total. The first kappa shape index (κ1) is 19.0. The number of nitrogens with two attached hydrogens (primary N) is 1. The Bertz CT molecular complexity index is 1020. The Morgan fingerprint density at radius 2 is 2.07 bits per heavy atom. The van der Waals surface area contributed by atoms with Gasteiger partial charge in [0.15, 0.2) is 0 Å². The number of hydrogen-bond acceptors (Lipinski definition) is 6. The molecular formula is C20H23N7O. The van der Waals surface area contributed by atoms with Crippen LogP contribution in [0.1, 0.15) is 0 Å². The van der Waals surface area contributed by atoms with Gasteiger partial charge in [0.25, 0.3) is 0 Å². The summed E-state index contributed by atoms with van der Waals surface area (Å²) in [6.45, 7) is 3.65. The summed E-state index contributed by atoms with van der Waals surface area (Å²) in [6, 6.07) is 13.0. The number of rotatable bonds is 7. The first-order chi connectivity index (χ1) is 13.5. The minimum absolute atomic E-state index is 0.134. The van der Waals surface area contributed by atoms with Crippen LogP contribution in [0.25, 0.3) is 22.4 Å². The fourth-order valence-electron chi connectivity index (χ4n) is 2.74. The lowest BCUT2D eigenvalue weighted by Crippen LogP contribution is -2.27. The summed E-state index contributed by atoms with van der Waals surface area (Å²) in [6.07, 6.45) is 1.71. The van der Waals surface area contributed by atoms with E-state index >= 15 is 0 Å². The highest BCUT2D eigenvalue weighted by atomic mass is 16.2. The Kier molecular flexibility index (Phi) is 5.59. The number of aromatic amines is 1. The van der Waals surface area contributed by atoms with Gasteiger partial charge in [0, 0.05) is 37.2 Å². The van der Waals surface area contributed by atoms with Gasteiger partial charge in [-0.05, 0) is 49.2 Å². The summed E-state index contributed by atoms with van der Waals surface area (Å²) in [5, 5.41) is 5.75. The predicted octanol–water partition coefficient (Wildman–Crippen LogP) is 2.40. The van der Waals surface area contributed by atoms with Crippen LogP contribution in [0, 0.1) is 0 Å². The van der Waals surface area contributed by atoms with Gasteiger partial charge in [-0.1, -0.05) is 0 Å². The van der Waals surface area contributed by atoms with E-state index in [9.17, 15) is 4.79 Å². The quantitative estimate of drug-likeness (QED) is 0.373. The summed E-state index contributed by atoms with van der Waals surface area (Å²) in [5.74, 6) is 1.21. The van der Waals surface area contributed by atoms with Crippen LogP contribution in [0.15, 0.2) is 59.5 Å². The number of H-pyrrole nitrogens is 1. The summed E-state index contributed by atoms with van der Waals surface area (Å²) in [4.78, 5) is 25.6. The normalized spacial score (nSPS) is 11.3. The monoisotopic (exact) mass is 377 g/mol. The van der Waals surface area contributed by atoms with E-state index < -0.39 is 0 Å². The number of aliphatic imine (C=N–C) groups is 1. The first-order valence-corrected chi connectivity index (χ1v) is 8.70. The Morgan fingerprint density at radius 3 is 2.75 bits per heavy atom. The van der Waals surface area contributed by atoms with Crippen molar-refractivity contribution in [2.45, 2.75) is 0 Å². The van der Waals surface area contributed by atoms with Crippen molar-refractivity contribution < 1.29 is 4.79 Å². The van der Waals surface area contributed by atoms with Crippen molar-refractivity contribution in [2.24, 2.45) is 4.99 Å². The molecule has 0 spiro atoms. The molecule has 0 bridgehead atoms. The van der Waals surface area contributed by atoms with Gasteiger partial charge < -0.3 is 26.3 Å². The van der Waals surface area contributed by atoms with E-state index in [0.717, 1.165) is 22.4 Å². The van der Waals surface area contributed by atoms with E-state index in [4.69, 9.17) is 5.73 Å². The number of nitrogens with one attached hydrogen (secondary N) is 3. The molecule has 0 saturated heterocycles. The lowest BCUT2D eigenvalue weighted by Gasteiger charge is -2.15. The molecule has 3 aromatic rings. The van der Waals surface area contributed by atoms with Crippen molar-refractivity contribution in [3.63, 3.8) is 0 Å². The first-order valence-electron chi connectivity index (χ1n) is 8.70. The number of anilines is 2. The summed E-state index contributed by atoms with van der Waals surface area (Å²) in [7, 11) is 3.53. The summed E-state index contributed by atoms with van der Waals surface area (Å²) < 4.78 is 0. The molecule has 144 valence electrons. The lowest BCUT2D eigenvalue weighted by atomic mass is 10.2. The van der Waals surface area contributed by atoms with Gasteiger partial charge in [0.05, 0.1) is 17.6 Å². The van der Waals surface area contributed by atoms with Gasteiger partial charge in [-0.15, -0.1) is 0 Å². The van der Waals surface area contributed by atoms with E-state index in [0.29, 0.717) is 17.2 Å². The molecule has 1 amide bonds. The number of likely N-dealkylation sites (N-methyl/N-ethyl adjacent to an activating group) is 1. The maximum absolute atomic E-state index is 12.2. The molecule has 0 radical (unpaired) electrons. The van der Waals surface area contributed by atoms with Crippen molar-refractivity contribution >= 4 is 35.0 Å². The van der Waals surface area contributed by atoms with Crippen LogP contribution in [0.4, 0.5) is 11.4 Å². The third kappa shape index (κ3) is 4.47. The van der Waals surface area contributed by atoms with Crippen LogP contribution >= 0.6 is 0 Å². The maximum atomic E-state index is 12.2. The Hall–Kier alpha value is -3.81. The second kappa shape index (κ2) is 8.26. The molecule has 0 saturated carbocycles. The van der Waals surface area contributed by atoms with E-state index in [-0.39, 0.29) is 12.5 Å². The van der Waals surface area contributed by atoms with Crippen molar-refractivity contribution in [3.05, 3.63) is 54.5 Å². The van der Waals surface area contributed by atoms with Crippen molar-refractivity contribution in [1.29, 1.82) is 0 Å². The van der Waals surface area contributed by atoms with Gasteiger partial charge in [-0.2, -0.15) is 0 Å². The molecule has 8 heteroatoms. The number of aromatic nitrogens is 2. The van der Waals surface area contributed by atoms with E-state index in [1.165, 1.54) is 0 Å². The van der Waals surface area contributed by atoms with Gasteiger partial charge in [0.2, 0.25) is 5.91 Å².